The van der Waals surface area contributed by atoms with Crippen molar-refractivity contribution in [1.29, 1.82) is 0 Å². The zero-order valence-corrected chi connectivity index (χ0v) is 15.8. The second-order valence-corrected chi connectivity index (χ2v) is 8.87. The average molecular weight is 351 g/mol. The maximum Gasteiger partial charge on any atom is 0.220 e. The van der Waals surface area contributed by atoms with Crippen LogP contribution in [0.3, 0.4) is 0 Å². The summed E-state index contributed by atoms with van der Waals surface area (Å²) >= 11 is 0. The third kappa shape index (κ3) is 5.19. The molecule has 142 valence electrons. The number of hydrogen-bond acceptors (Lipinski definition) is 3. The van der Waals surface area contributed by atoms with Gasteiger partial charge in [-0.25, -0.2) is 0 Å². The molecule has 0 aromatic rings. The van der Waals surface area contributed by atoms with Crippen LogP contribution >= 0.6 is 0 Å². The molecule has 0 aromatic heterocycles. The molecule has 2 amide bonds. The van der Waals surface area contributed by atoms with Crippen LogP contribution in [0.4, 0.5) is 0 Å². The molecule has 0 radical (unpaired) electrons. The fourth-order valence-electron chi connectivity index (χ4n) is 5.56. The van der Waals surface area contributed by atoms with Gasteiger partial charge >= 0.3 is 0 Å². The van der Waals surface area contributed by atoms with Crippen molar-refractivity contribution < 1.29 is 14.3 Å². The minimum Gasteiger partial charge on any atom is -0.379 e. The topological polar surface area (TPSA) is 67.4 Å². The van der Waals surface area contributed by atoms with Crippen molar-refractivity contribution >= 4 is 11.8 Å². The molecule has 4 rings (SSSR count). The highest BCUT2D eigenvalue weighted by molar-refractivity contribution is 5.84. The summed E-state index contributed by atoms with van der Waals surface area (Å²) in [4.78, 5) is 24.2. The molecule has 0 aliphatic heterocycles. The van der Waals surface area contributed by atoms with Crippen LogP contribution in [0.2, 0.25) is 0 Å². The van der Waals surface area contributed by atoms with Gasteiger partial charge in [-0.2, -0.15) is 0 Å². The lowest BCUT2D eigenvalue weighted by Gasteiger charge is -2.56. The third-order valence-corrected chi connectivity index (χ3v) is 6.12. The second-order valence-electron chi connectivity index (χ2n) is 8.87. The Hall–Kier alpha value is -1.10. The van der Waals surface area contributed by atoms with Crippen LogP contribution in [-0.2, 0) is 14.3 Å². The number of hydrogen-bond donors (Lipinski definition) is 2. The van der Waals surface area contributed by atoms with E-state index in [1.54, 1.807) is 0 Å². The van der Waals surface area contributed by atoms with Crippen molar-refractivity contribution in [2.45, 2.75) is 83.3 Å². The van der Waals surface area contributed by atoms with E-state index in [1.165, 1.54) is 19.3 Å². The predicted molar refractivity (Wildman–Crippen MR) is 97.0 cm³/mol. The number of carbonyl (C=O) groups excluding carboxylic acids is 2. The smallest absolute Gasteiger partial charge is 0.220 e. The zero-order chi connectivity index (χ0) is 17.9. The Morgan fingerprint density at radius 2 is 1.56 bits per heavy atom. The SMILES string of the molecule is CC(C)OCCCNC(=O)CCC(=O)NC12CC3CC(CC(C3)C1)C2. The van der Waals surface area contributed by atoms with E-state index in [1.807, 2.05) is 13.8 Å². The maximum absolute atomic E-state index is 12.4. The van der Waals surface area contributed by atoms with Gasteiger partial charge in [-0.3, -0.25) is 9.59 Å². The summed E-state index contributed by atoms with van der Waals surface area (Å²) in [5, 5.41) is 6.20. The summed E-state index contributed by atoms with van der Waals surface area (Å²) in [5.41, 5.74) is 0.0521. The van der Waals surface area contributed by atoms with E-state index in [0.29, 0.717) is 19.6 Å². The first kappa shape index (κ1) is 18.7. The zero-order valence-electron chi connectivity index (χ0n) is 15.8. The van der Waals surface area contributed by atoms with Gasteiger partial charge in [0.05, 0.1) is 6.10 Å². The highest BCUT2D eigenvalue weighted by atomic mass is 16.5. The van der Waals surface area contributed by atoms with Crippen LogP contribution in [0.5, 0.6) is 0 Å². The Labute approximate surface area is 151 Å². The first-order valence-corrected chi connectivity index (χ1v) is 10.1. The van der Waals surface area contributed by atoms with Gasteiger partial charge in [-0.15, -0.1) is 0 Å². The lowest BCUT2D eigenvalue weighted by Crippen LogP contribution is -2.59. The van der Waals surface area contributed by atoms with Crippen molar-refractivity contribution in [1.82, 2.24) is 10.6 Å². The van der Waals surface area contributed by atoms with Gasteiger partial charge in [0.2, 0.25) is 11.8 Å². The fraction of sp³-hybridized carbons (Fsp3) is 0.900. The first-order valence-electron chi connectivity index (χ1n) is 10.1. The summed E-state index contributed by atoms with van der Waals surface area (Å²) in [6.45, 7) is 5.27. The van der Waals surface area contributed by atoms with Gasteiger partial charge in [0.25, 0.3) is 0 Å². The lowest BCUT2D eigenvalue weighted by molar-refractivity contribution is -0.130. The fourth-order valence-corrected chi connectivity index (χ4v) is 5.56. The number of ether oxygens (including phenoxy) is 1. The van der Waals surface area contributed by atoms with Crippen molar-refractivity contribution in [3.63, 3.8) is 0 Å². The number of carbonyl (C=O) groups is 2. The average Bonchev–Trinajstić information content (AvgIpc) is 2.50. The molecule has 25 heavy (non-hydrogen) atoms. The summed E-state index contributed by atoms with van der Waals surface area (Å²) < 4.78 is 5.44. The summed E-state index contributed by atoms with van der Waals surface area (Å²) in [7, 11) is 0. The van der Waals surface area contributed by atoms with E-state index < -0.39 is 0 Å². The molecular weight excluding hydrogens is 316 g/mol. The van der Waals surface area contributed by atoms with Gasteiger partial charge in [-0.1, -0.05) is 0 Å². The highest BCUT2D eigenvalue weighted by Gasteiger charge is 2.51. The van der Waals surface area contributed by atoms with E-state index in [-0.39, 0.29) is 29.9 Å². The molecule has 0 heterocycles. The van der Waals surface area contributed by atoms with Crippen molar-refractivity contribution in [3.8, 4) is 0 Å². The molecule has 0 aromatic carbocycles. The number of rotatable bonds is 9. The van der Waals surface area contributed by atoms with Gasteiger partial charge in [0, 0.05) is 31.5 Å². The van der Waals surface area contributed by atoms with Crippen LogP contribution < -0.4 is 10.6 Å². The van der Waals surface area contributed by atoms with Gasteiger partial charge in [0.1, 0.15) is 0 Å². The maximum atomic E-state index is 12.4. The van der Waals surface area contributed by atoms with Crippen LogP contribution in [-0.4, -0.2) is 36.6 Å². The van der Waals surface area contributed by atoms with E-state index in [9.17, 15) is 9.59 Å². The molecule has 5 heteroatoms. The quantitative estimate of drug-likeness (QED) is 0.628. The summed E-state index contributed by atoms with van der Waals surface area (Å²) in [6.07, 6.45) is 9.22. The molecule has 2 N–H and O–H groups in total. The lowest BCUT2D eigenvalue weighted by atomic mass is 9.53. The van der Waals surface area contributed by atoms with E-state index in [4.69, 9.17) is 4.74 Å². The minimum absolute atomic E-state index is 0.0368. The van der Waals surface area contributed by atoms with Crippen molar-refractivity contribution in [3.05, 3.63) is 0 Å². The van der Waals surface area contributed by atoms with Gasteiger partial charge in [0.15, 0.2) is 0 Å². The summed E-state index contributed by atoms with van der Waals surface area (Å²) in [6, 6.07) is 0. The largest absolute Gasteiger partial charge is 0.379 e. The van der Waals surface area contributed by atoms with Crippen LogP contribution in [0, 0.1) is 17.8 Å². The molecule has 4 aliphatic carbocycles. The highest BCUT2D eigenvalue weighted by Crippen LogP contribution is 2.55. The third-order valence-electron chi connectivity index (χ3n) is 6.12. The number of amides is 2. The molecule has 5 nitrogen and oxygen atoms in total. The van der Waals surface area contributed by atoms with E-state index >= 15 is 0 Å². The minimum atomic E-state index is -0.0368. The Morgan fingerprint density at radius 3 is 2.12 bits per heavy atom. The van der Waals surface area contributed by atoms with Gasteiger partial charge in [-0.05, 0) is 76.5 Å². The van der Waals surface area contributed by atoms with Crippen molar-refractivity contribution in [2.24, 2.45) is 17.8 Å². The Morgan fingerprint density at radius 1 is 1.00 bits per heavy atom. The van der Waals surface area contributed by atoms with E-state index in [2.05, 4.69) is 10.6 Å². The van der Waals surface area contributed by atoms with Crippen LogP contribution in [0.15, 0.2) is 0 Å². The standard InChI is InChI=1S/C20H34N2O3/c1-14(2)25-7-3-6-21-18(23)4-5-19(24)22-20-11-15-8-16(12-20)10-17(9-15)13-20/h14-17H,3-13H2,1-2H3,(H,21,23)(H,22,24). The van der Waals surface area contributed by atoms with Crippen LogP contribution in [0.25, 0.3) is 0 Å². The van der Waals surface area contributed by atoms with Crippen molar-refractivity contribution in [2.75, 3.05) is 13.2 Å². The molecule has 0 unspecified atom stereocenters. The first-order chi connectivity index (χ1) is 11.9. The second kappa shape index (κ2) is 8.07. The Bertz CT molecular complexity index is 454. The molecule has 0 atom stereocenters. The normalized spacial score (nSPS) is 32.8. The summed E-state index contributed by atoms with van der Waals surface area (Å²) in [5.74, 6) is 2.49. The monoisotopic (exact) mass is 350 g/mol. The predicted octanol–water partition coefficient (Wildman–Crippen LogP) is 2.78. The Kier molecular flexibility index (Phi) is 6.03. The molecule has 0 saturated heterocycles. The van der Waals surface area contributed by atoms with Crippen LogP contribution in [0.1, 0.15) is 71.6 Å². The molecule has 4 fully saturated rings. The molecule has 4 aliphatic rings. The molecule has 4 bridgehead atoms. The van der Waals surface area contributed by atoms with Gasteiger partial charge < -0.3 is 15.4 Å². The molecule has 0 spiro atoms. The molecular formula is C20H34N2O3. The Balaban J connectivity index is 1.32. The van der Waals surface area contributed by atoms with E-state index in [0.717, 1.165) is 43.4 Å². The number of nitrogens with one attached hydrogen (secondary N) is 2. The molecule has 4 saturated carbocycles.